The molecule has 1 aliphatic carbocycles. The van der Waals surface area contributed by atoms with Gasteiger partial charge in [0.15, 0.2) is 0 Å². The van der Waals surface area contributed by atoms with Crippen molar-refractivity contribution in [1.29, 1.82) is 0 Å². The molecule has 2 unspecified atom stereocenters. The molecule has 3 amide bonds. The molecule has 0 aromatic heterocycles. The zero-order chi connectivity index (χ0) is 29.3. The number of benzene rings is 2. The molecule has 0 saturated heterocycles. The highest BCUT2D eigenvalue weighted by atomic mass is 16.6. The summed E-state index contributed by atoms with van der Waals surface area (Å²) < 4.78 is 5.42. The van der Waals surface area contributed by atoms with Crippen molar-refractivity contribution in [3.05, 3.63) is 65.2 Å². The van der Waals surface area contributed by atoms with Crippen LogP contribution in [0.2, 0.25) is 0 Å². The molecule has 1 saturated carbocycles. The van der Waals surface area contributed by atoms with Crippen molar-refractivity contribution in [2.24, 2.45) is 0 Å². The lowest BCUT2D eigenvalue weighted by Gasteiger charge is -2.32. The summed E-state index contributed by atoms with van der Waals surface area (Å²) in [4.78, 5) is 41.7. The quantitative estimate of drug-likeness (QED) is 0.303. The zero-order valence-corrected chi connectivity index (χ0v) is 23.9. The summed E-state index contributed by atoms with van der Waals surface area (Å²) in [5.41, 5.74) is 1.56. The number of carbonyl (C=O) groups is 3. The number of hydrogen-bond acceptors (Lipinski definition) is 5. The van der Waals surface area contributed by atoms with Gasteiger partial charge in [-0.2, -0.15) is 0 Å². The second kappa shape index (κ2) is 13.9. The van der Waals surface area contributed by atoms with Gasteiger partial charge in [0.05, 0.1) is 0 Å². The Kier molecular flexibility index (Phi) is 10.6. The van der Waals surface area contributed by atoms with Crippen LogP contribution in [0.25, 0.3) is 0 Å². The highest BCUT2D eigenvalue weighted by molar-refractivity contribution is 5.93. The Balaban J connectivity index is 1.96. The van der Waals surface area contributed by atoms with E-state index in [9.17, 15) is 19.5 Å². The van der Waals surface area contributed by atoms with Gasteiger partial charge < -0.3 is 20.5 Å². The predicted molar refractivity (Wildman–Crippen MR) is 154 cm³/mol. The van der Waals surface area contributed by atoms with E-state index in [0.717, 1.165) is 49.0 Å². The topological polar surface area (TPSA) is 108 Å². The number of rotatable bonds is 9. The minimum absolute atomic E-state index is 0.0149. The molecule has 3 rings (SSSR count). The van der Waals surface area contributed by atoms with Crippen LogP contribution < -0.4 is 10.6 Å². The summed E-state index contributed by atoms with van der Waals surface area (Å²) in [5, 5.41) is 15.5. The second-order valence-corrected chi connectivity index (χ2v) is 11.2. The molecule has 8 nitrogen and oxygen atoms in total. The van der Waals surface area contributed by atoms with Crippen molar-refractivity contribution in [3.63, 3.8) is 0 Å². The molecule has 8 heteroatoms. The van der Waals surface area contributed by atoms with Crippen LogP contribution in [0.4, 0.5) is 4.79 Å². The second-order valence-electron chi connectivity index (χ2n) is 11.2. The Labute approximate surface area is 237 Å². The van der Waals surface area contributed by atoms with E-state index in [1.165, 1.54) is 12.1 Å². The maximum atomic E-state index is 14.1. The van der Waals surface area contributed by atoms with Crippen LogP contribution in [0.15, 0.2) is 48.5 Å². The van der Waals surface area contributed by atoms with Crippen molar-refractivity contribution >= 4 is 17.9 Å². The van der Waals surface area contributed by atoms with Crippen molar-refractivity contribution in [2.45, 2.75) is 96.4 Å². The Morgan fingerprint density at radius 1 is 1.02 bits per heavy atom. The number of aryl methyl sites for hydroxylation is 1. The first-order valence-corrected chi connectivity index (χ1v) is 14.0. The first-order valence-electron chi connectivity index (χ1n) is 14.0. The number of ether oxygens (including phenoxy) is 1. The summed E-state index contributed by atoms with van der Waals surface area (Å²) in [6.07, 6.45) is 11.0. The van der Waals surface area contributed by atoms with Crippen LogP contribution in [-0.2, 0) is 27.2 Å². The van der Waals surface area contributed by atoms with E-state index in [1.54, 1.807) is 32.9 Å². The van der Waals surface area contributed by atoms with Crippen molar-refractivity contribution < 1.29 is 24.2 Å². The number of amides is 3. The first-order chi connectivity index (χ1) is 19.0. The molecular weight excluding hydrogens is 506 g/mol. The van der Waals surface area contributed by atoms with Gasteiger partial charge in [0.25, 0.3) is 5.91 Å². The van der Waals surface area contributed by atoms with Crippen molar-refractivity contribution in [1.82, 2.24) is 15.5 Å². The number of phenols is 1. The van der Waals surface area contributed by atoms with Crippen molar-refractivity contribution in [3.8, 4) is 18.2 Å². The zero-order valence-electron chi connectivity index (χ0n) is 23.9. The number of nitrogens with one attached hydrogen (secondary N) is 2. The fourth-order valence-corrected chi connectivity index (χ4v) is 4.83. The number of nitrogens with zero attached hydrogens (tertiary/aromatic N) is 1. The van der Waals surface area contributed by atoms with Gasteiger partial charge in [-0.1, -0.05) is 69.0 Å². The standard InChI is InChI=1S/C32H41N3O5/c1-6-22-13-17-24(18-14-22)28(29(37)33-25-11-9-8-10-12-25)35(7-2)30(38)27(34-31(39)40-32(3,4)5)21-23-15-19-26(36)20-16-23/h2,13-20,25,27-28,36H,6,8-12,21H2,1,3-5H3,(H,33,37)(H,34,39). The molecular formula is C32H41N3O5. The molecule has 214 valence electrons. The average molecular weight is 548 g/mol. The molecule has 2 aromatic rings. The van der Waals surface area contributed by atoms with Gasteiger partial charge in [0.2, 0.25) is 5.91 Å². The minimum Gasteiger partial charge on any atom is -0.508 e. The lowest BCUT2D eigenvalue weighted by molar-refractivity contribution is -0.139. The number of hydrogen-bond donors (Lipinski definition) is 3. The van der Waals surface area contributed by atoms with E-state index < -0.39 is 29.7 Å². The van der Waals surface area contributed by atoms with E-state index in [2.05, 4.69) is 16.7 Å². The molecule has 1 aliphatic rings. The van der Waals surface area contributed by atoms with Crippen LogP contribution in [0.3, 0.4) is 0 Å². The minimum atomic E-state index is -1.13. The van der Waals surface area contributed by atoms with Crippen LogP contribution >= 0.6 is 0 Å². The molecule has 0 heterocycles. The number of aromatic hydroxyl groups is 1. The van der Waals surface area contributed by atoms with E-state index in [0.29, 0.717) is 11.1 Å². The molecule has 2 atom stereocenters. The summed E-state index contributed by atoms with van der Waals surface area (Å²) in [5.74, 6) is -0.903. The SMILES string of the molecule is C#CN(C(=O)C(Cc1ccc(O)cc1)NC(=O)OC(C)(C)C)C(C(=O)NC1CCCCC1)c1ccc(CC)cc1. The van der Waals surface area contributed by atoms with E-state index >= 15 is 0 Å². The van der Waals surface area contributed by atoms with Gasteiger partial charge in [-0.15, -0.1) is 0 Å². The average Bonchev–Trinajstić information content (AvgIpc) is 2.91. The highest BCUT2D eigenvalue weighted by Crippen LogP contribution is 2.26. The first kappa shape index (κ1) is 30.6. The smallest absolute Gasteiger partial charge is 0.408 e. The molecule has 0 bridgehead atoms. The number of terminal acetylenes is 1. The molecule has 2 aromatic carbocycles. The molecule has 3 N–H and O–H groups in total. The molecule has 0 radical (unpaired) electrons. The van der Waals surface area contributed by atoms with E-state index in [1.807, 2.05) is 31.2 Å². The Hall–Kier alpha value is -3.99. The third kappa shape index (κ3) is 8.77. The Morgan fingerprint density at radius 3 is 2.17 bits per heavy atom. The maximum absolute atomic E-state index is 14.1. The van der Waals surface area contributed by atoms with Gasteiger partial charge in [0.1, 0.15) is 23.4 Å². The number of phenolic OH excluding ortho intramolecular Hbond substituents is 1. The fraction of sp³-hybridized carbons (Fsp3) is 0.469. The summed E-state index contributed by atoms with van der Waals surface area (Å²) >= 11 is 0. The molecule has 0 spiro atoms. The lowest BCUT2D eigenvalue weighted by Crippen LogP contribution is -2.53. The fourth-order valence-electron chi connectivity index (χ4n) is 4.83. The van der Waals surface area contributed by atoms with Gasteiger partial charge in [-0.25, -0.2) is 4.79 Å². The predicted octanol–water partition coefficient (Wildman–Crippen LogP) is 5.00. The lowest BCUT2D eigenvalue weighted by atomic mass is 9.94. The van der Waals surface area contributed by atoms with Gasteiger partial charge in [-0.05, 0) is 68.9 Å². The monoisotopic (exact) mass is 547 g/mol. The molecule has 0 aliphatic heterocycles. The van der Waals surface area contributed by atoms with E-state index in [4.69, 9.17) is 11.2 Å². The summed E-state index contributed by atoms with van der Waals surface area (Å²) in [6.45, 7) is 7.21. The summed E-state index contributed by atoms with van der Waals surface area (Å²) in [6, 6.07) is 14.0. The summed E-state index contributed by atoms with van der Waals surface area (Å²) in [7, 11) is 0. The number of alkyl carbamates (subject to hydrolysis) is 1. The number of carbonyl (C=O) groups excluding carboxylic acids is 3. The third-order valence-electron chi connectivity index (χ3n) is 6.90. The van der Waals surface area contributed by atoms with Gasteiger partial charge >= 0.3 is 6.09 Å². The van der Waals surface area contributed by atoms with Crippen LogP contribution in [-0.4, -0.2) is 45.6 Å². The van der Waals surface area contributed by atoms with Crippen molar-refractivity contribution in [2.75, 3.05) is 0 Å². The largest absolute Gasteiger partial charge is 0.508 e. The van der Waals surface area contributed by atoms with Crippen LogP contribution in [0.5, 0.6) is 5.75 Å². The van der Waals surface area contributed by atoms with E-state index in [-0.39, 0.29) is 24.1 Å². The molecule has 1 fully saturated rings. The van der Waals surface area contributed by atoms with Crippen LogP contribution in [0.1, 0.15) is 82.5 Å². The van der Waals surface area contributed by atoms with Gasteiger partial charge in [0, 0.05) is 18.5 Å². The third-order valence-corrected chi connectivity index (χ3v) is 6.90. The highest BCUT2D eigenvalue weighted by Gasteiger charge is 2.36. The Bertz CT molecular complexity index is 1190. The maximum Gasteiger partial charge on any atom is 0.408 e. The van der Waals surface area contributed by atoms with Gasteiger partial charge in [-0.3, -0.25) is 14.5 Å². The molecule has 40 heavy (non-hydrogen) atoms. The van der Waals surface area contributed by atoms with Crippen LogP contribution in [0, 0.1) is 12.5 Å². The normalized spacial score (nSPS) is 15.3. The Morgan fingerprint density at radius 2 is 1.62 bits per heavy atom.